The van der Waals surface area contributed by atoms with Gasteiger partial charge in [0.2, 0.25) is 0 Å². The van der Waals surface area contributed by atoms with Crippen LogP contribution in [0.2, 0.25) is 0 Å². The highest BCUT2D eigenvalue weighted by Gasteiger charge is 2.13. The second kappa shape index (κ2) is 8.34. The Morgan fingerprint density at radius 3 is 2.80 bits per heavy atom. The Kier molecular flexibility index (Phi) is 6.42. The molecule has 1 aliphatic carbocycles. The molecule has 20 heavy (non-hydrogen) atoms. The van der Waals surface area contributed by atoms with E-state index in [-0.39, 0.29) is 5.91 Å². The van der Waals surface area contributed by atoms with E-state index in [0.29, 0.717) is 31.5 Å². The van der Waals surface area contributed by atoms with E-state index in [1.807, 2.05) is 0 Å². The third-order valence-electron chi connectivity index (χ3n) is 3.50. The lowest BCUT2D eigenvalue weighted by Gasteiger charge is -2.15. The Balaban J connectivity index is 1.63. The smallest absolute Gasteiger partial charge is 0.270 e. The minimum Gasteiger partial charge on any atom is -0.376 e. The van der Waals surface area contributed by atoms with E-state index < -0.39 is 0 Å². The van der Waals surface area contributed by atoms with E-state index in [0.717, 1.165) is 17.8 Å². The Bertz CT molecular complexity index is 414. The summed E-state index contributed by atoms with van der Waals surface area (Å²) >= 11 is 1.41. The molecule has 0 bridgehead atoms. The molecule has 0 atom stereocenters. The molecule has 6 heteroatoms. The predicted molar refractivity (Wildman–Crippen MR) is 79.8 cm³/mol. The Morgan fingerprint density at radius 2 is 2.15 bits per heavy atom. The van der Waals surface area contributed by atoms with Crippen molar-refractivity contribution < 1.29 is 9.53 Å². The summed E-state index contributed by atoms with van der Waals surface area (Å²) in [7, 11) is 0. The number of rotatable bonds is 6. The van der Waals surface area contributed by atoms with Crippen LogP contribution in [0.1, 0.15) is 54.0 Å². The topological polar surface area (TPSA) is 77.2 Å². The molecule has 112 valence electrons. The number of carbonyl (C=O) groups is 1. The van der Waals surface area contributed by atoms with Crippen molar-refractivity contribution >= 4 is 17.2 Å². The lowest BCUT2D eigenvalue weighted by Crippen LogP contribution is -2.29. The zero-order valence-corrected chi connectivity index (χ0v) is 12.6. The monoisotopic (exact) mass is 297 g/mol. The lowest BCUT2D eigenvalue weighted by molar-refractivity contribution is 0.0441. The third kappa shape index (κ3) is 4.85. The van der Waals surface area contributed by atoms with Crippen molar-refractivity contribution in [1.29, 1.82) is 0 Å². The molecule has 0 aliphatic heterocycles. The molecule has 5 nitrogen and oxygen atoms in total. The molecule has 3 N–H and O–H groups in total. The average Bonchev–Trinajstić information content (AvgIpc) is 2.80. The molecule has 2 rings (SSSR count). The third-order valence-corrected chi connectivity index (χ3v) is 4.37. The molecule has 0 radical (unpaired) electrons. The first-order valence-electron chi connectivity index (χ1n) is 7.34. The minimum atomic E-state index is -0.148. The van der Waals surface area contributed by atoms with Gasteiger partial charge < -0.3 is 15.8 Å². The van der Waals surface area contributed by atoms with Gasteiger partial charge in [0, 0.05) is 18.5 Å². The van der Waals surface area contributed by atoms with Crippen LogP contribution in [0, 0.1) is 0 Å². The molecular formula is C14H23N3O2S. The summed E-state index contributed by atoms with van der Waals surface area (Å²) < 4.78 is 5.82. The molecule has 1 fully saturated rings. The number of nitrogens with zero attached hydrogens (tertiary/aromatic N) is 1. The van der Waals surface area contributed by atoms with Crippen molar-refractivity contribution in [1.82, 2.24) is 10.3 Å². The largest absolute Gasteiger partial charge is 0.376 e. The fraction of sp³-hybridized carbons (Fsp3) is 0.714. The van der Waals surface area contributed by atoms with E-state index in [2.05, 4.69) is 10.3 Å². The molecule has 0 unspecified atom stereocenters. The number of hydrogen-bond donors (Lipinski definition) is 2. The number of ether oxygens (including phenoxy) is 1. The van der Waals surface area contributed by atoms with Gasteiger partial charge in [-0.25, -0.2) is 4.98 Å². The van der Waals surface area contributed by atoms with Gasteiger partial charge in [-0.1, -0.05) is 25.7 Å². The maximum Gasteiger partial charge on any atom is 0.270 e. The molecule has 1 heterocycles. The van der Waals surface area contributed by atoms with Crippen molar-refractivity contribution in [2.75, 3.05) is 13.2 Å². The summed E-state index contributed by atoms with van der Waals surface area (Å²) in [4.78, 5) is 16.0. The second-order valence-electron chi connectivity index (χ2n) is 5.07. The van der Waals surface area contributed by atoms with Gasteiger partial charge in [-0.2, -0.15) is 0 Å². The highest BCUT2D eigenvalue weighted by atomic mass is 32.1. The first kappa shape index (κ1) is 15.4. The number of amides is 1. The van der Waals surface area contributed by atoms with Crippen LogP contribution in [0.5, 0.6) is 0 Å². The van der Waals surface area contributed by atoms with E-state index >= 15 is 0 Å². The molecular weight excluding hydrogens is 274 g/mol. The Labute approximate surface area is 123 Å². The van der Waals surface area contributed by atoms with Gasteiger partial charge in [-0.3, -0.25) is 4.79 Å². The Hall–Kier alpha value is -0.980. The fourth-order valence-electron chi connectivity index (χ4n) is 2.40. The van der Waals surface area contributed by atoms with Crippen molar-refractivity contribution in [3.63, 3.8) is 0 Å². The van der Waals surface area contributed by atoms with Crippen molar-refractivity contribution in [3.8, 4) is 0 Å². The van der Waals surface area contributed by atoms with Gasteiger partial charge in [0.05, 0.1) is 12.7 Å². The standard InChI is InChI=1S/C14H23N3O2S/c15-9-13-17-12(10-20-13)14(18)16-7-8-19-11-5-3-1-2-4-6-11/h10-11H,1-9,15H2,(H,16,18). The number of nitrogens with two attached hydrogens (primary N) is 1. The maximum atomic E-state index is 11.8. The van der Waals surface area contributed by atoms with Gasteiger partial charge in [-0.15, -0.1) is 11.3 Å². The molecule has 1 amide bonds. The lowest BCUT2D eigenvalue weighted by atomic mass is 10.1. The normalized spacial score (nSPS) is 16.9. The molecule has 1 aromatic heterocycles. The summed E-state index contributed by atoms with van der Waals surface area (Å²) in [6.07, 6.45) is 7.85. The van der Waals surface area contributed by atoms with Crippen LogP contribution < -0.4 is 11.1 Å². The SMILES string of the molecule is NCc1nc(C(=O)NCCOC2CCCCCC2)cs1. The van der Waals surface area contributed by atoms with Crippen LogP contribution in [0.3, 0.4) is 0 Å². The summed E-state index contributed by atoms with van der Waals surface area (Å²) in [5.41, 5.74) is 5.93. The minimum absolute atomic E-state index is 0.148. The molecule has 1 saturated carbocycles. The quantitative estimate of drug-likeness (QED) is 0.622. The van der Waals surface area contributed by atoms with Crippen LogP contribution in [0.25, 0.3) is 0 Å². The van der Waals surface area contributed by atoms with Crippen LogP contribution in [-0.4, -0.2) is 30.1 Å². The average molecular weight is 297 g/mol. The van der Waals surface area contributed by atoms with Crippen LogP contribution in [0.4, 0.5) is 0 Å². The first-order valence-corrected chi connectivity index (χ1v) is 8.22. The number of aromatic nitrogens is 1. The number of carbonyl (C=O) groups excluding carboxylic acids is 1. The van der Waals surface area contributed by atoms with E-state index in [4.69, 9.17) is 10.5 Å². The molecule has 1 aliphatic rings. The highest BCUT2D eigenvalue weighted by molar-refractivity contribution is 7.09. The van der Waals surface area contributed by atoms with Gasteiger partial charge in [0.15, 0.2) is 0 Å². The van der Waals surface area contributed by atoms with Gasteiger partial charge in [-0.05, 0) is 12.8 Å². The van der Waals surface area contributed by atoms with Crippen LogP contribution in [0.15, 0.2) is 5.38 Å². The van der Waals surface area contributed by atoms with Crippen molar-refractivity contribution in [2.45, 2.75) is 51.2 Å². The number of thiazole rings is 1. The summed E-state index contributed by atoms with van der Waals surface area (Å²) in [6, 6.07) is 0. The number of nitrogens with one attached hydrogen (secondary N) is 1. The molecule has 0 saturated heterocycles. The van der Waals surface area contributed by atoms with E-state index in [1.54, 1.807) is 5.38 Å². The summed E-state index contributed by atoms with van der Waals surface area (Å²) in [5.74, 6) is -0.148. The zero-order valence-electron chi connectivity index (χ0n) is 11.8. The number of hydrogen-bond acceptors (Lipinski definition) is 5. The summed E-state index contributed by atoms with van der Waals surface area (Å²) in [5, 5.41) is 5.35. The zero-order chi connectivity index (χ0) is 14.2. The van der Waals surface area contributed by atoms with Crippen molar-refractivity contribution in [2.24, 2.45) is 5.73 Å². The summed E-state index contributed by atoms with van der Waals surface area (Å²) in [6.45, 7) is 1.48. The van der Waals surface area contributed by atoms with E-state index in [1.165, 1.54) is 37.0 Å². The second-order valence-corrected chi connectivity index (χ2v) is 6.01. The van der Waals surface area contributed by atoms with Gasteiger partial charge in [0.25, 0.3) is 5.91 Å². The van der Waals surface area contributed by atoms with Gasteiger partial charge in [0.1, 0.15) is 10.7 Å². The van der Waals surface area contributed by atoms with Crippen LogP contribution >= 0.6 is 11.3 Å². The predicted octanol–water partition coefficient (Wildman–Crippen LogP) is 2.07. The van der Waals surface area contributed by atoms with E-state index in [9.17, 15) is 4.79 Å². The van der Waals surface area contributed by atoms with Gasteiger partial charge >= 0.3 is 0 Å². The Morgan fingerprint density at radius 1 is 1.40 bits per heavy atom. The molecule has 1 aromatic rings. The maximum absolute atomic E-state index is 11.8. The van der Waals surface area contributed by atoms with Crippen LogP contribution in [-0.2, 0) is 11.3 Å². The van der Waals surface area contributed by atoms with Crippen molar-refractivity contribution in [3.05, 3.63) is 16.1 Å². The fourth-order valence-corrected chi connectivity index (χ4v) is 3.05. The first-order chi connectivity index (χ1) is 9.79. The molecule has 0 aromatic carbocycles. The molecule has 0 spiro atoms. The highest BCUT2D eigenvalue weighted by Crippen LogP contribution is 2.19.